The van der Waals surface area contributed by atoms with E-state index in [1.807, 2.05) is 6.07 Å². The number of rotatable bonds is 4. The minimum atomic E-state index is 0.518. The molecule has 0 saturated heterocycles. The third-order valence-corrected chi connectivity index (χ3v) is 2.77. The number of aliphatic imine (C=N–C) groups is 1. The molecule has 0 amide bonds. The summed E-state index contributed by atoms with van der Waals surface area (Å²) in [5.41, 5.74) is 8.14. The van der Waals surface area contributed by atoms with E-state index in [1.54, 1.807) is 0 Å². The summed E-state index contributed by atoms with van der Waals surface area (Å²) in [6.45, 7) is 5.67. The van der Waals surface area contributed by atoms with Crippen molar-refractivity contribution in [1.82, 2.24) is 5.32 Å². The van der Waals surface area contributed by atoms with Crippen LogP contribution in [0.4, 0.5) is 0 Å². The van der Waals surface area contributed by atoms with Crippen LogP contribution in [0.25, 0.3) is 0 Å². The number of benzene rings is 1. The molecule has 0 aliphatic heterocycles. The van der Waals surface area contributed by atoms with Gasteiger partial charge in [-0.3, -0.25) is 0 Å². The molecule has 0 saturated carbocycles. The van der Waals surface area contributed by atoms with Crippen LogP contribution < -0.4 is 11.1 Å². The molecule has 88 valence electrons. The second-order valence-corrected chi connectivity index (χ2v) is 4.61. The van der Waals surface area contributed by atoms with Gasteiger partial charge < -0.3 is 11.1 Å². The molecule has 0 atom stereocenters. The molecular formula is C12H18BrN3. The van der Waals surface area contributed by atoms with Crippen LogP contribution >= 0.6 is 15.9 Å². The van der Waals surface area contributed by atoms with Crippen molar-refractivity contribution in [3.63, 3.8) is 0 Å². The smallest absolute Gasteiger partial charge is 0.188 e. The number of nitrogens with one attached hydrogen (secondary N) is 1. The van der Waals surface area contributed by atoms with Crippen LogP contribution in [-0.4, -0.2) is 12.5 Å². The molecule has 1 rings (SSSR count). The standard InChI is InChI=1S/C12H18BrN3/c1-3-6-15-12(14)16-8-10-4-5-11(13)7-9(10)2/h4-5,7H,3,6,8H2,1-2H3,(H3,14,15,16). The minimum absolute atomic E-state index is 0.518. The summed E-state index contributed by atoms with van der Waals surface area (Å²) in [4.78, 5) is 4.29. The fourth-order valence-corrected chi connectivity index (χ4v) is 1.79. The number of hydrogen-bond donors (Lipinski definition) is 2. The summed E-state index contributed by atoms with van der Waals surface area (Å²) in [6, 6.07) is 6.17. The van der Waals surface area contributed by atoms with Gasteiger partial charge >= 0.3 is 0 Å². The van der Waals surface area contributed by atoms with E-state index < -0.39 is 0 Å². The van der Waals surface area contributed by atoms with Crippen molar-refractivity contribution in [2.75, 3.05) is 6.54 Å². The first kappa shape index (κ1) is 13.0. The Bertz CT molecular complexity index is 375. The van der Waals surface area contributed by atoms with E-state index in [9.17, 15) is 0 Å². The Hall–Kier alpha value is -1.03. The molecule has 0 aliphatic carbocycles. The molecule has 0 unspecified atom stereocenters. The van der Waals surface area contributed by atoms with Crippen molar-refractivity contribution < 1.29 is 0 Å². The number of nitrogens with zero attached hydrogens (tertiary/aromatic N) is 1. The zero-order valence-electron chi connectivity index (χ0n) is 9.76. The largest absolute Gasteiger partial charge is 0.370 e. The highest BCUT2D eigenvalue weighted by Crippen LogP contribution is 2.16. The van der Waals surface area contributed by atoms with Crippen LogP contribution in [0, 0.1) is 6.92 Å². The molecule has 3 N–H and O–H groups in total. The molecule has 4 heteroatoms. The maximum atomic E-state index is 5.72. The van der Waals surface area contributed by atoms with Crippen molar-refractivity contribution >= 4 is 21.9 Å². The topological polar surface area (TPSA) is 50.4 Å². The Morgan fingerprint density at radius 3 is 2.88 bits per heavy atom. The lowest BCUT2D eigenvalue weighted by molar-refractivity contribution is 0.825. The van der Waals surface area contributed by atoms with Crippen LogP contribution in [0.5, 0.6) is 0 Å². The van der Waals surface area contributed by atoms with Crippen LogP contribution in [0.3, 0.4) is 0 Å². The summed E-state index contributed by atoms with van der Waals surface area (Å²) < 4.78 is 1.09. The predicted octanol–water partition coefficient (Wildman–Crippen LogP) is 2.57. The van der Waals surface area contributed by atoms with Gasteiger partial charge in [-0.25, -0.2) is 4.99 Å². The molecule has 3 nitrogen and oxygen atoms in total. The Kier molecular flexibility index (Phi) is 5.32. The van der Waals surface area contributed by atoms with E-state index in [0.29, 0.717) is 12.5 Å². The highest BCUT2D eigenvalue weighted by atomic mass is 79.9. The number of nitrogens with two attached hydrogens (primary N) is 1. The number of hydrogen-bond acceptors (Lipinski definition) is 1. The second-order valence-electron chi connectivity index (χ2n) is 3.70. The van der Waals surface area contributed by atoms with E-state index in [1.165, 1.54) is 11.1 Å². The van der Waals surface area contributed by atoms with Crippen LogP contribution in [0.2, 0.25) is 0 Å². The normalized spacial score (nSPS) is 11.6. The first-order valence-electron chi connectivity index (χ1n) is 5.42. The van der Waals surface area contributed by atoms with E-state index in [0.717, 1.165) is 17.4 Å². The zero-order chi connectivity index (χ0) is 12.0. The third-order valence-electron chi connectivity index (χ3n) is 2.28. The number of aryl methyl sites for hydroxylation is 1. The molecule has 0 aliphatic rings. The molecule has 16 heavy (non-hydrogen) atoms. The molecular weight excluding hydrogens is 266 g/mol. The summed E-state index contributed by atoms with van der Waals surface area (Å²) in [6.07, 6.45) is 1.05. The van der Waals surface area contributed by atoms with Gasteiger partial charge in [-0.05, 0) is 36.6 Å². The quantitative estimate of drug-likeness (QED) is 0.659. The Labute approximate surface area is 105 Å². The Balaban J connectivity index is 2.60. The average Bonchev–Trinajstić information content (AvgIpc) is 2.25. The summed E-state index contributed by atoms with van der Waals surface area (Å²) >= 11 is 3.44. The van der Waals surface area contributed by atoms with Crippen molar-refractivity contribution in [3.8, 4) is 0 Å². The van der Waals surface area contributed by atoms with Gasteiger partial charge in [-0.2, -0.15) is 0 Å². The van der Waals surface area contributed by atoms with Gasteiger partial charge in [0.25, 0.3) is 0 Å². The molecule has 0 heterocycles. The van der Waals surface area contributed by atoms with Gasteiger partial charge in [-0.1, -0.05) is 28.9 Å². The predicted molar refractivity (Wildman–Crippen MR) is 72.5 cm³/mol. The van der Waals surface area contributed by atoms with Crippen molar-refractivity contribution in [2.24, 2.45) is 10.7 Å². The Morgan fingerprint density at radius 1 is 1.50 bits per heavy atom. The van der Waals surface area contributed by atoms with Gasteiger partial charge in [0.1, 0.15) is 0 Å². The molecule has 0 bridgehead atoms. The lowest BCUT2D eigenvalue weighted by Gasteiger charge is -2.05. The maximum absolute atomic E-state index is 5.72. The maximum Gasteiger partial charge on any atom is 0.188 e. The van der Waals surface area contributed by atoms with E-state index >= 15 is 0 Å². The summed E-state index contributed by atoms with van der Waals surface area (Å²) in [5, 5.41) is 3.05. The zero-order valence-corrected chi connectivity index (χ0v) is 11.3. The SMILES string of the molecule is CCCNC(N)=NCc1ccc(Br)cc1C. The fourth-order valence-electron chi connectivity index (χ4n) is 1.32. The molecule has 1 aromatic rings. The van der Waals surface area contributed by atoms with Crippen molar-refractivity contribution in [1.29, 1.82) is 0 Å². The van der Waals surface area contributed by atoms with Gasteiger partial charge in [0.2, 0.25) is 0 Å². The van der Waals surface area contributed by atoms with Crippen molar-refractivity contribution in [3.05, 3.63) is 33.8 Å². The molecule has 0 fully saturated rings. The van der Waals surface area contributed by atoms with Crippen LogP contribution in [-0.2, 0) is 6.54 Å². The van der Waals surface area contributed by atoms with E-state index in [4.69, 9.17) is 5.73 Å². The monoisotopic (exact) mass is 283 g/mol. The first-order chi connectivity index (χ1) is 7.63. The molecule has 0 spiro atoms. The third kappa shape index (κ3) is 4.23. The van der Waals surface area contributed by atoms with Crippen LogP contribution in [0.15, 0.2) is 27.7 Å². The summed E-state index contributed by atoms with van der Waals surface area (Å²) in [7, 11) is 0. The lowest BCUT2D eigenvalue weighted by atomic mass is 10.1. The van der Waals surface area contributed by atoms with Crippen molar-refractivity contribution in [2.45, 2.75) is 26.8 Å². The van der Waals surface area contributed by atoms with Gasteiger partial charge in [0.05, 0.1) is 6.54 Å². The number of halogens is 1. The average molecular weight is 284 g/mol. The van der Waals surface area contributed by atoms with Gasteiger partial charge in [-0.15, -0.1) is 0 Å². The lowest BCUT2D eigenvalue weighted by Crippen LogP contribution is -2.32. The van der Waals surface area contributed by atoms with E-state index in [-0.39, 0.29) is 0 Å². The molecule has 1 aromatic carbocycles. The highest BCUT2D eigenvalue weighted by molar-refractivity contribution is 9.10. The fraction of sp³-hybridized carbons (Fsp3) is 0.417. The highest BCUT2D eigenvalue weighted by Gasteiger charge is 1.98. The van der Waals surface area contributed by atoms with Gasteiger partial charge in [0, 0.05) is 11.0 Å². The van der Waals surface area contributed by atoms with Crippen LogP contribution in [0.1, 0.15) is 24.5 Å². The minimum Gasteiger partial charge on any atom is -0.370 e. The second kappa shape index (κ2) is 6.53. The van der Waals surface area contributed by atoms with Gasteiger partial charge in [0.15, 0.2) is 5.96 Å². The molecule has 0 aromatic heterocycles. The number of guanidine groups is 1. The molecule has 0 radical (unpaired) electrons. The Morgan fingerprint density at radius 2 is 2.25 bits per heavy atom. The summed E-state index contributed by atoms with van der Waals surface area (Å²) in [5.74, 6) is 0.518. The first-order valence-corrected chi connectivity index (χ1v) is 6.21. The van der Waals surface area contributed by atoms with E-state index in [2.05, 4.69) is 52.2 Å².